The maximum Gasteiger partial charge on any atom is 0.267 e. The summed E-state index contributed by atoms with van der Waals surface area (Å²) in [5, 5.41) is 2.99. The van der Waals surface area contributed by atoms with Gasteiger partial charge in [-0.2, -0.15) is 0 Å². The zero-order valence-corrected chi connectivity index (χ0v) is 19.1. The fourth-order valence-electron chi connectivity index (χ4n) is 2.86. The van der Waals surface area contributed by atoms with Crippen LogP contribution < -0.4 is 11.1 Å². The Bertz CT molecular complexity index is 910. The maximum atomic E-state index is 12.6. The third kappa shape index (κ3) is 5.86. The second-order valence-corrected chi connectivity index (χ2v) is 7.81. The van der Waals surface area contributed by atoms with Gasteiger partial charge in [0.2, 0.25) is 0 Å². The SMILES string of the molecule is Cl.Nc1ncc(CCCNC(=O)c2cc(Br)c(Br)n2CCc2ccccc2)[nH]1. The van der Waals surface area contributed by atoms with Crippen LogP contribution in [0.2, 0.25) is 0 Å². The summed E-state index contributed by atoms with van der Waals surface area (Å²) in [6, 6.07) is 12.1. The van der Waals surface area contributed by atoms with Crippen molar-refractivity contribution in [3.8, 4) is 0 Å². The van der Waals surface area contributed by atoms with E-state index < -0.39 is 0 Å². The molecule has 0 bridgehead atoms. The van der Waals surface area contributed by atoms with Crippen LogP contribution in [0.15, 0.2) is 51.7 Å². The number of carbonyl (C=O) groups is 1. The number of nitrogens with two attached hydrogens (primary N) is 1. The van der Waals surface area contributed by atoms with Crippen LogP contribution in [0.3, 0.4) is 0 Å². The number of nitrogens with zero attached hydrogens (tertiary/aromatic N) is 2. The van der Waals surface area contributed by atoms with Gasteiger partial charge in [-0.1, -0.05) is 30.3 Å². The third-order valence-electron chi connectivity index (χ3n) is 4.24. The maximum absolute atomic E-state index is 12.6. The molecule has 0 aliphatic heterocycles. The second kappa shape index (κ2) is 10.7. The molecule has 150 valence electrons. The second-order valence-electron chi connectivity index (χ2n) is 6.21. The lowest BCUT2D eigenvalue weighted by atomic mass is 10.1. The molecule has 1 amide bonds. The predicted octanol–water partition coefficient (Wildman–Crippen LogP) is 4.35. The zero-order chi connectivity index (χ0) is 19.2. The Balaban J connectivity index is 0.00000280. The highest BCUT2D eigenvalue weighted by atomic mass is 79.9. The molecule has 2 aromatic heterocycles. The van der Waals surface area contributed by atoms with Gasteiger partial charge in [0.25, 0.3) is 5.91 Å². The molecule has 0 saturated heterocycles. The lowest BCUT2D eigenvalue weighted by molar-refractivity contribution is 0.0943. The molecule has 6 nitrogen and oxygen atoms in total. The van der Waals surface area contributed by atoms with Crippen molar-refractivity contribution in [3.05, 3.63) is 68.6 Å². The number of nitrogens with one attached hydrogen (secondary N) is 2. The van der Waals surface area contributed by atoms with Crippen molar-refractivity contribution in [1.29, 1.82) is 0 Å². The number of aromatic nitrogens is 3. The van der Waals surface area contributed by atoms with E-state index in [1.165, 1.54) is 5.56 Å². The minimum absolute atomic E-state index is 0. The summed E-state index contributed by atoms with van der Waals surface area (Å²) in [6.45, 7) is 1.29. The van der Waals surface area contributed by atoms with E-state index in [2.05, 4.69) is 59.3 Å². The standard InChI is InChI=1S/C19H21Br2N5O.ClH/c20-15-11-16(18(27)23-9-4-7-14-12-24-19(22)25-14)26(17(15)21)10-8-13-5-2-1-3-6-13;/h1-3,5-6,11-12H,4,7-10H2,(H,23,27)(H3,22,24,25);1H. The summed E-state index contributed by atoms with van der Waals surface area (Å²) in [4.78, 5) is 19.6. The first-order valence-corrected chi connectivity index (χ1v) is 10.3. The predicted molar refractivity (Wildman–Crippen MR) is 121 cm³/mol. The number of benzene rings is 1. The first-order chi connectivity index (χ1) is 13.0. The number of rotatable bonds is 8. The average molecular weight is 532 g/mol. The number of nitrogen functional groups attached to an aromatic ring is 1. The van der Waals surface area contributed by atoms with E-state index in [0.29, 0.717) is 24.7 Å². The van der Waals surface area contributed by atoms with E-state index in [-0.39, 0.29) is 18.3 Å². The molecule has 28 heavy (non-hydrogen) atoms. The van der Waals surface area contributed by atoms with Gasteiger partial charge >= 0.3 is 0 Å². The minimum atomic E-state index is -0.0846. The lowest BCUT2D eigenvalue weighted by Crippen LogP contribution is -2.27. The Morgan fingerprint density at radius 1 is 1.21 bits per heavy atom. The Hall–Kier alpha value is -1.77. The smallest absolute Gasteiger partial charge is 0.267 e. The molecule has 9 heteroatoms. The van der Waals surface area contributed by atoms with Crippen molar-refractivity contribution in [2.75, 3.05) is 12.3 Å². The largest absolute Gasteiger partial charge is 0.369 e. The molecule has 3 rings (SSSR count). The van der Waals surface area contributed by atoms with E-state index >= 15 is 0 Å². The molecule has 1 aromatic carbocycles. The fourth-order valence-corrected chi connectivity index (χ4v) is 3.77. The van der Waals surface area contributed by atoms with Crippen molar-refractivity contribution in [3.63, 3.8) is 0 Å². The van der Waals surface area contributed by atoms with Crippen molar-refractivity contribution in [2.24, 2.45) is 0 Å². The summed E-state index contributed by atoms with van der Waals surface area (Å²) in [7, 11) is 0. The number of carbonyl (C=O) groups excluding carboxylic acids is 1. The summed E-state index contributed by atoms with van der Waals surface area (Å²) in [6.07, 6.45) is 4.16. The third-order valence-corrected chi connectivity index (χ3v) is 6.24. The van der Waals surface area contributed by atoms with Gasteiger partial charge in [0.15, 0.2) is 5.95 Å². The van der Waals surface area contributed by atoms with Crippen LogP contribution in [0, 0.1) is 0 Å². The Morgan fingerprint density at radius 2 is 1.96 bits per heavy atom. The first kappa shape index (κ1) is 22.5. The number of aryl methyl sites for hydroxylation is 2. The normalized spacial score (nSPS) is 10.5. The number of hydrogen-bond acceptors (Lipinski definition) is 3. The van der Waals surface area contributed by atoms with Crippen LogP contribution in [0.1, 0.15) is 28.2 Å². The summed E-state index contributed by atoms with van der Waals surface area (Å²) in [5.41, 5.74) is 8.40. The van der Waals surface area contributed by atoms with Crippen molar-refractivity contribution in [1.82, 2.24) is 19.9 Å². The van der Waals surface area contributed by atoms with Gasteiger partial charge in [-0.15, -0.1) is 12.4 Å². The van der Waals surface area contributed by atoms with E-state index in [0.717, 1.165) is 34.0 Å². The zero-order valence-electron chi connectivity index (χ0n) is 15.1. The van der Waals surface area contributed by atoms with E-state index in [1.54, 1.807) is 6.20 Å². The van der Waals surface area contributed by atoms with E-state index in [9.17, 15) is 4.79 Å². The number of amides is 1. The molecule has 0 aliphatic rings. The molecule has 0 radical (unpaired) electrons. The van der Waals surface area contributed by atoms with E-state index in [4.69, 9.17) is 5.73 Å². The van der Waals surface area contributed by atoms with Crippen LogP contribution in [-0.4, -0.2) is 27.0 Å². The van der Waals surface area contributed by atoms with Gasteiger partial charge in [0, 0.05) is 18.8 Å². The molecular weight excluding hydrogens is 510 g/mol. The van der Waals surface area contributed by atoms with Gasteiger partial charge in [-0.25, -0.2) is 4.98 Å². The van der Waals surface area contributed by atoms with Crippen LogP contribution >= 0.6 is 44.3 Å². The van der Waals surface area contributed by atoms with Gasteiger partial charge < -0.3 is 20.6 Å². The van der Waals surface area contributed by atoms with Gasteiger partial charge in [-0.05, 0) is 62.8 Å². The number of halogens is 3. The molecule has 0 unspecified atom stereocenters. The molecule has 3 aromatic rings. The molecule has 0 fully saturated rings. The van der Waals surface area contributed by atoms with Crippen molar-refractivity contribution in [2.45, 2.75) is 25.8 Å². The highest BCUT2D eigenvalue weighted by Gasteiger charge is 2.17. The van der Waals surface area contributed by atoms with Crippen LogP contribution in [0.5, 0.6) is 0 Å². The number of aromatic amines is 1. The Morgan fingerprint density at radius 3 is 2.64 bits per heavy atom. The summed E-state index contributed by atoms with van der Waals surface area (Å²) in [5.74, 6) is 0.332. The van der Waals surface area contributed by atoms with Gasteiger partial charge in [0.05, 0.1) is 15.3 Å². The highest BCUT2D eigenvalue weighted by molar-refractivity contribution is 9.13. The van der Waals surface area contributed by atoms with Crippen LogP contribution in [0.25, 0.3) is 0 Å². The summed E-state index contributed by atoms with van der Waals surface area (Å²) >= 11 is 7.08. The topological polar surface area (TPSA) is 88.7 Å². The molecule has 0 aliphatic carbocycles. The molecule has 2 heterocycles. The summed E-state index contributed by atoms with van der Waals surface area (Å²) < 4.78 is 3.73. The number of anilines is 1. The fraction of sp³-hybridized carbons (Fsp3) is 0.263. The van der Waals surface area contributed by atoms with Crippen molar-refractivity contribution < 1.29 is 4.79 Å². The quantitative estimate of drug-likeness (QED) is 0.378. The van der Waals surface area contributed by atoms with Crippen molar-refractivity contribution >= 4 is 56.1 Å². The number of H-pyrrole nitrogens is 1. The van der Waals surface area contributed by atoms with Gasteiger partial charge in [-0.3, -0.25) is 4.79 Å². The monoisotopic (exact) mass is 529 g/mol. The number of imidazole rings is 1. The Labute approximate surface area is 187 Å². The van der Waals surface area contributed by atoms with Gasteiger partial charge in [0.1, 0.15) is 5.69 Å². The van der Waals surface area contributed by atoms with Crippen LogP contribution in [-0.2, 0) is 19.4 Å². The molecule has 4 N–H and O–H groups in total. The molecule has 0 saturated carbocycles. The molecule has 0 spiro atoms. The van der Waals surface area contributed by atoms with Crippen LogP contribution in [0.4, 0.5) is 5.95 Å². The Kier molecular flexibility index (Phi) is 8.59. The highest BCUT2D eigenvalue weighted by Crippen LogP contribution is 2.28. The first-order valence-electron chi connectivity index (χ1n) is 8.70. The minimum Gasteiger partial charge on any atom is -0.369 e. The molecular formula is C19H22Br2ClN5O. The number of hydrogen-bond donors (Lipinski definition) is 3. The molecule has 0 atom stereocenters. The average Bonchev–Trinajstić information content (AvgIpc) is 3.21. The lowest BCUT2D eigenvalue weighted by Gasteiger charge is -2.11. The van der Waals surface area contributed by atoms with E-state index in [1.807, 2.05) is 28.8 Å².